The lowest BCUT2D eigenvalue weighted by Crippen LogP contribution is -2.24. The fraction of sp³-hybridized carbons (Fsp3) is 0.333. The number of aryl methyl sites for hydroxylation is 1. The monoisotopic (exact) mass is 261 g/mol. The van der Waals surface area contributed by atoms with E-state index in [9.17, 15) is 5.11 Å². The summed E-state index contributed by atoms with van der Waals surface area (Å²) in [6.07, 6.45) is -0.450. The maximum atomic E-state index is 10.2. The van der Waals surface area contributed by atoms with Gasteiger partial charge in [-0.05, 0) is 36.4 Å². The highest BCUT2D eigenvalue weighted by atomic mass is 32.1. The summed E-state index contributed by atoms with van der Waals surface area (Å²) in [5.74, 6) is 0. The molecule has 2 aromatic rings. The van der Waals surface area contributed by atoms with Gasteiger partial charge in [0.2, 0.25) is 0 Å². The first kappa shape index (κ1) is 13.3. The van der Waals surface area contributed by atoms with Crippen LogP contribution in [-0.4, -0.2) is 11.7 Å². The first-order chi connectivity index (χ1) is 8.68. The van der Waals surface area contributed by atoms with Crippen LogP contribution in [0.4, 0.5) is 0 Å². The highest BCUT2D eigenvalue weighted by Crippen LogP contribution is 2.20. The molecule has 1 aromatic heterocycles. The van der Waals surface area contributed by atoms with Gasteiger partial charge in [-0.15, -0.1) is 11.3 Å². The van der Waals surface area contributed by atoms with E-state index in [2.05, 4.69) is 29.8 Å². The topological polar surface area (TPSA) is 32.3 Å². The number of rotatable bonds is 5. The van der Waals surface area contributed by atoms with Crippen molar-refractivity contribution in [3.05, 3.63) is 57.8 Å². The molecular formula is C15H19NOS. The Kier molecular flexibility index (Phi) is 4.53. The lowest BCUT2D eigenvalue weighted by Gasteiger charge is -2.17. The predicted octanol–water partition coefficient (Wildman–Crippen LogP) is 3.44. The summed E-state index contributed by atoms with van der Waals surface area (Å²) in [6, 6.07) is 12.4. The van der Waals surface area contributed by atoms with Crippen LogP contribution in [0.2, 0.25) is 0 Å². The number of nitrogens with one attached hydrogen (secondary N) is 1. The van der Waals surface area contributed by atoms with Crippen LogP contribution in [0, 0.1) is 6.92 Å². The van der Waals surface area contributed by atoms with Crippen LogP contribution in [0.1, 0.15) is 35.1 Å². The van der Waals surface area contributed by atoms with Gasteiger partial charge in [-0.25, -0.2) is 0 Å². The molecule has 0 saturated carbocycles. The lowest BCUT2D eigenvalue weighted by atomic mass is 10.0. The van der Waals surface area contributed by atoms with Gasteiger partial charge in [0.05, 0.1) is 6.10 Å². The Morgan fingerprint density at radius 2 is 2.00 bits per heavy atom. The summed E-state index contributed by atoms with van der Waals surface area (Å²) < 4.78 is 0. The van der Waals surface area contributed by atoms with Gasteiger partial charge >= 0.3 is 0 Å². The standard InChI is InChI=1S/C15H19NOS/c1-11-6-3-4-7-13(11)14(17)10-16-12(2)15-8-5-9-18-15/h3-9,12,14,16-17H,10H2,1-2H3. The molecule has 0 saturated heterocycles. The summed E-state index contributed by atoms with van der Waals surface area (Å²) in [6.45, 7) is 4.72. The van der Waals surface area contributed by atoms with Crippen molar-refractivity contribution >= 4 is 11.3 Å². The van der Waals surface area contributed by atoms with Crippen LogP contribution in [0.25, 0.3) is 0 Å². The summed E-state index contributed by atoms with van der Waals surface area (Å²) in [5.41, 5.74) is 2.14. The van der Waals surface area contributed by atoms with Crippen molar-refractivity contribution in [1.82, 2.24) is 5.32 Å². The molecule has 0 aliphatic rings. The second-order valence-electron chi connectivity index (χ2n) is 4.52. The van der Waals surface area contributed by atoms with E-state index >= 15 is 0 Å². The highest BCUT2D eigenvalue weighted by molar-refractivity contribution is 7.10. The zero-order chi connectivity index (χ0) is 13.0. The van der Waals surface area contributed by atoms with Crippen molar-refractivity contribution in [3.63, 3.8) is 0 Å². The van der Waals surface area contributed by atoms with E-state index in [1.165, 1.54) is 4.88 Å². The van der Waals surface area contributed by atoms with E-state index in [1.54, 1.807) is 11.3 Å². The number of aliphatic hydroxyl groups excluding tert-OH is 1. The van der Waals surface area contributed by atoms with E-state index < -0.39 is 6.10 Å². The Labute approximate surface area is 112 Å². The first-order valence-corrected chi connectivity index (χ1v) is 7.07. The molecule has 2 atom stereocenters. The van der Waals surface area contributed by atoms with Crippen LogP contribution in [0.3, 0.4) is 0 Å². The molecule has 2 rings (SSSR count). The summed E-state index contributed by atoms with van der Waals surface area (Å²) in [4.78, 5) is 1.30. The fourth-order valence-electron chi connectivity index (χ4n) is 2.00. The second-order valence-corrected chi connectivity index (χ2v) is 5.50. The van der Waals surface area contributed by atoms with Crippen LogP contribution < -0.4 is 5.32 Å². The van der Waals surface area contributed by atoms with Gasteiger partial charge in [0.25, 0.3) is 0 Å². The van der Waals surface area contributed by atoms with Gasteiger partial charge in [-0.3, -0.25) is 0 Å². The fourth-order valence-corrected chi connectivity index (χ4v) is 2.76. The average molecular weight is 261 g/mol. The highest BCUT2D eigenvalue weighted by Gasteiger charge is 2.12. The third-order valence-electron chi connectivity index (χ3n) is 3.13. The minimum absolute atomic E-state index is 0.281. The lowest BCUT2D eigenvalue weighted by molar-refractivity contribution is 0.170. The number of benzene rings is 1. The molecule has 0 fully saturated rings. The molecule has 0 radical (unpaired) electrons. The molecule has 0 aliphatic carbocycles. The van der Waals surface area contributed by atoms with E-state index in [-0.39, 0.29) is 6.04 Å². The second kappa shape index (κ2) is 6.14. The SMILES string of the molecule is Cc1ccccc1C(O)CNC(C)c1cccs1. The van der Waals surface area contributed by atoms with Crippen LogP contribution in [0.15, 0.2) is 41.8 Å². The van der Waals surface area contributed by atoms with Gasteiger partial charge in [-0.1, -0.05) is 30.3 Å². The molecule has 2 N–H and O–H groups in total. The average Bonchev–Trinajstić information content (AvgIpc) is 2.90. The maximum absolute atomic E-state index is 10.2. The van der Waals surface area contributed by atoms with Crippen LogP contribution in [-0.2, 0) is 0 Å². The normalized spacial score (nSPS) is 14.4. The molecule has 0 spiro atoms. The van der Waals surface area contributed by atoms with Gasteiger partial charge < -0.3 is 10.4 Å². The zero-order valence-electron chi connectivity index (χ0n) is 10.8. The van der Waals surface area contributed by atoms with E-state index in [0.29, 0.717) is 6.54 Å². The molecule has 2 nitrogen and oxygen atoms in total. The molecule has 1 heterocycles. The summed E-state index contributed by atoms with van der Waals surface area (Å²) >= 11 is 1.74. The molecule has 0 amide bonds. The Morgan fingerprint density at radius 1 is 1.22 bits per heavy atom. The molecule has 3 heteroatoms. The first-order valence-electron chi connectivity index (χ1n) is 6.19. The van der Waals surface area contributed by atoms with Crippen molar-refractivity contribution in [2.75, 3.05) is 6.54 Å². The smallest absolute Gasteiger partial charge is 0.0917 e. The minimum atomic E-state index is -0.450. The van der Waals surface area contributed by atoms with E-state index in [0.717, 1.165) is 11.1 Å². The van der Waals surface area contributed by atoms with Crippen LogP contribution >= 0.6 is 11.3 Å². The molecule has 18 heavy (non-hydrogen) atoms. The molecular weight excluding hydrogens is 242 g/mol. The molecule has 2 unspecified atom stereocenters. The molecule has 0 aliphatic heterocycles. The van der Waals surface area contributed by atoms with Crippen molar-refractivity contribution < 1.29 is 5.11 Å². The van der Waals surface area contributed by atoms with Crippen LogP contribution in [0.5, 0.6) is 0 Å². The summed E-state index contributed by atoms with van der Waals surface area (Å²) in [7, 11) is 0. The minimum Gasteiger partial charge on any atom is -0.387 e. The number of thiophene rings is 1. The van der Waals surface area contributed by atoms with E-state index in [4.69, 9.17) is 0 Å². The van der Waals surface area contributed by atoms with Gasteiger partial charge in [0.1, 0.15) is 0 Å². The van der Waals surface area contributed by atoms with Crippen molar-refractivity contribution in [1.29, 1.82) is 0 Å². The molecule has 96 valence electrons. The Balaban J connectivity index is 1.93. The molecule has 1 aromatic carbocycles. The Bertz CT molecular complexity index is 481. The predicted molar refractivity (Wildman–Crippen MR) is 76.9 cm³/mol. The quantitative estimate of drug-likeness (QED) is 0.864. The van der Waals surface area contributed by atoms with Crippen molar-refractivity contribution in [3.8, 4) is 0 Å². The Morgan fingerprint density at radius 3 is 2.67 bits per heavy atom. The van der Waals surface area contributed by atoms with Gasteiger partial charge in [-0.2, -0.15) is 0 Å². The van der Waals surface area contributed by atoms with E-state index in [1.807, 2.05) is 31.2 Å². The Hall–Kier alpha value is -1.16. The number of aliphatic hydroxyl groups is 1. The third-order valence-corrected chi connectivity index (χ3v) is 4.19. The van der Waals surface area contributed by atoms with Crippen molar-refractivity contribution in [2.45, 2.75) is 26.0 Å². The maximum Gasteiger partial charge on any atom is 0.0917 e. The summed E-state index contributed by atoms with van der Waals surface area (Å²) in [5, 5.41) is 15.6. The van der Waals surface area contributed by atoms with Gasteiger partial charge in [0.15, 0.2) is 0 Å². The van der Waals surface area contributed by atoms with Crippen molar-refractivity contribution in [2.24, 2.45) is 0 Å². The number of hydrogen-bond acceptors (Lipinski definition) is 3. The molecule has 0 bridgehead atoms. The third kappa shape index (κ3) is 3.19. The largest absolute Gasteiger partial charge is 0.387 e. The van der Waals surface area contributed by atoms with Gasteiger partial charge in [0, 0.05) is 17.5 Å². The number of hydrogen-bond donors (Lipinski definition) is 2. The zero-order valence-corrected chi connectivity index (χ0v) is 11.6.